The molecule has 0 unspecified atom stereocenters. The number of carbonyl (C=O) groups is 2. The number of hydrogen-bond donors (Lipinski definition) is 1. The van der Waals surface area contributed by atoms with Crippen molar-refractivity contribution in [1.82, 2.24) is 0 Å². The molecule has 0 aliphatic rings. The van der Waals surface area contributed by atoms with E-state index in [9.17, 15) is 9.59 Å². The Kier molecular flexibility index (Phi) is 4.32. The van der Waals surface area contributed by atoms with Gasteiger partial charge in [0.2, 0.25) is 5.91 Å². The van der Waals surface area contributed by atoms with Crippen molar-refractivity contribution in [3.05, 3.63) is 29.8 Å². The van der Waals surface area contributed by atoms with E-state index in [4.69, 9.17) is 4.74 Å². The Labute approximate surface area is 128 Å². The number of carbonyl (C=O) groups excluding carboxylic acids is 2. The highest BCUT2D eigenvalue weighted by atomic mass is 32.1. The smallest absolute Gasteiger partial charge is 0.341 e. The van der Waals surface area contributed by atoms with Gasteiger partial charge in [0.25, 0.3) is 0 Å². The molecule has 1 heterocycles. The average molecular weight is 305 g/mol. The largest absolute Gasteiger partial charge is 0.462 e. The van der Waals surface area contributed by atoms with Gasteiger partial charge in [-0.1, -0.05) is 39.0 Å². The molecule has 0 atom stereocenters. The van der Waals surface area contributed by atoms with Crippen molar-refractivity contribution in [3.63, 3.8) is 0 Å². The van der Waals surface area contributed by atoms with E-state index in [1.54, 1.807) is 6.92 Å². The molecule has 1 aromatic carbocycles. The maximum absolute atomic E-state index is 12.2. The molecule has 112 valence electrons. The Morgan fingerprint density at radius 2 is 1.90 bits per heavy atom. The van der Waals surface area contributed by atoms with Crippen molar-refractivity contribution in [2.45, 2.75) is 27.7 Å². The Morgan fingerprint density at radius 3 is 2.52 bits per heavy atom. The lowest BCUT2D eigenvalue weighted by atomic mass is 9.96. The third kappa shape index (κ3) is 3.24. The van der Waals surface area contributed by atoms with Crippen molar-refractivity contribution in [2.75, 3.05) is 11.9 Å². The number of esters is 1. The fourth-order valence-corrected chi connectivity index (χ4v) is 2.92. The van der Waals surface area contributed by atoms with Gasteiger partial charge in [0.1, 0.15) is 10.6 Å². The van der Waals surface area contributed by atoms with Crippen molar-refractivity contribution in [2.24, 2.45) is 5.41 Å². The summed E-state index contributed by atoms with van der Waals surface area (Å²) in [6, 6.07) is 7.57. The molecular weight excluding hydrogens is 286 g/mol. The molecule has 0 fully saturated rings. The zero-order valence-electron chi connectivity index (χ0n) is 12.6. The first kappa shape index (κ1) is 15.5. The van der Waals surface area contributed by atoms with Gasteiger partial charge >= 0.3 is 5.97 Å². The van der Waals surface area contributed by atoms with E-state index in [2.05, 4.69) is 5.32 Å². The average Bonchev–Trinajstić information content (AvgIpc) is 2.75. The van der Waals surface area contributed by atoms with Gasteiger partial charge in [0.15, 0.2) is 0 Å². The minimum Gasteiger partial charge on any atom is -0.462 e. The summed E-state index contributed by atoms with van der Waals surface area (Å²) < 4.78 is 6.07. The molecule has 1 N–H and O–H groups in total. The van der Waals surface area contributed by atoms with Gasteiger partial charge in [-0.2, -0.15) is 0 Å². The number of fused-ring (bicyclic) bond motifs is 1. The van der Waals surface area contributed by atoms with Gasteiger partial charge in [-0.15, -0.1) is 11.3 Å². The number of rotatable bonds is 3. The highest BCUT2D eigenvalue weighted by Gasteiger charge is 2.26. The van der Waals surface area contributed by atoms with E-state index in [-0.39, 0.29) is 5.91 Å². The normalized spacial score (nSPS) is 11.4. The van der Waals surface area contributed by atoms with Crippen LogP contribution < -0.4 is 5.32 Å². The van der Waals surface area contributed by atoms with Gasteiger partial charge < -0.3 is 10.1 Å². The summed E-state index contributed by atoms with van der Waals surface area (Å²) in [4.78, 5) is 24.4. The van der Waals surface area contributed by atoms with Crippen LogP contribution in [-0.2, 0) is 9.53 Å². The first-order valence-electron chi connectivity index (χ1n) is 6.84. The van der Waals surface area contributed by atoms with Crippen LogP contribution in [0.25, 0.3) is 10.1 Å². The van der Waals surface area contributed by atoms with E-state index < -0.39 is 11.4 Å². The molecule has 0 radical (unpaired) electrons. The van der Waals surface area contributed by atoms with E-state index in [1.807, 2.05) is 45.0 Å². The summed E-state index contributed by atoms with van der Waals surface area (Å²) in [6.07, 6.45) is 0. The van der Waals surface area contributed by atoms with Gasteiger partial charge in [-0.3, -0.25) is 4.79 Å². The minimum absolute atomic E-state index is 0.125. The molecule has 2 rings (SSSR count). The van der Waals surface area contributed by atoms with Crippen LogP contribution in [-0.4, -0.2) is 18.5 Å². The SMILES string of the molecule is CCOC(=O)c1c(NC(=O)C(C)(C)C)sc2ccccc12. The standard InChI is InChI=1S/C16H19NO3S/c1-5-20-14(18)12-10-8-6-7-9-11(10)21-13(12)17-15(19)16(2,3)4/h6-9H,5H2,1-4H3,(H,17,19). The van der Waals surface area contributed by atoms with Crippen LogP contribution in [0.5, 0.6) is 0 Å². The Bertz CT molecular complexity index is 682. The molecule has 2 aromatic rings. The molecule has 21 heavy (non-hydrogen) atoms. The van der Waals surface area contributed by atoms with E-state index >= 15 is 0 Å². The molecule has 5 heteroatoms. The minimum atomic E-state index is -0.526. The van der Waals surface area contributed by atoms with Gasteiger partial charge in [0, 0.05) is 15.5 Å². The second kappa shape index (κ2) is 5.85. The molecule has 0 aliphatic heterocycles. The molecule has 0 bridgehead atoms. The van der Waals surface area contributed by atoms with Crippen molar-refractivity contribution in [3.8, 4) is 0 Å². The third-order valence-electron chi connectivity index (χ3n) is 2.98. The number of thiophene rings is 1. The first-order valence-corrected chi connectivity index (χ1v) is 7.66. The van der Waals surface area contributed by atoms with Crippen LogP contribution >= 0.6 is 11.3 Å². The molecule has 1 amide bonds. The van der Waals surface area contributed by atoms with Crippen molar-refractivity contribution in [1.29, 1.82) is 0 Å². The zero-order valence-corrected chi connectivity index (χ0v) is 13.5. The highest BCUT2D eigenvalue weighted by molar-refractivity contribution is 7.23. The fourth-order valence-electron chi connectivity index (χ4n) is 1.83. The number of nitrogens with one attached hydrogen (secondary N) is 1. The van der Waals surface area contributed by atoms with Gasteiger partial charge in [-0.25, -0.2) is 4.79 Å². The van der Waals surface area contributed by atoms with Crippen LogP contribution in [0.2, 0.25) is 0 Å². The monoisotopic (exact) mass is 305 g/mol. The van der Waals surface area contributed by atoms with Crippen LogP contribution in [0.15, 0.2) is 24.3 Å². The second-order valence-corrected chi connectivity index (χ2v) is 6.78. The molecular formula is C16H19NO3S. The Morgan fingerprint density at radius 1 is 1.24 bits per heavy atom. The molecule has 0 aliphatic carbocycles. The van der Waals surface area contributed by atoms with Crippen LogP contribution in [0.1, 0.15) is 38.1 Å². The van der Waals surface area contributed by atoms with E-state index in [1.165, 1.54) is 11.3 Å². The molecule has 0 spiro atoms. The highest BCUT2D eigenvalue weighted by Crippen LogP contribution is 2.37. The zero-order chi connectivity index (χ0) is 15.6. The second-order valence-electron chi connectivity index (χ2n) is 5.73. The number of anilines is 1. The molecule has 0 saturated heterocycles. The quantitative estimate of drug-likeness (QED) is 0.870. The van der Waals surface area contributed by atoms with Gasteiger partial charge in [0.05, 0.1) is 6.61 Å². The van der Waals surface area contributed by atoms with Crippen LogP contribution in [0.3, 0.4) is 0 Å². The summed E-state index contributed by atoms with van der Waals surface area (Å²) in [5, 5.41) is 4.22. The first-order chi connectivity index (χ1) is 9.84. The topological polar surface area (TPSA) is 55.4 Å². The molecule has 1 aromatic heterocycles. The van der Waals surface area contributed by atoms with Crippen molar-refractivity contribution >= 4 is 38.3 Å². The van der Waals surface area contributed by atoms with Crippen molar-refractivity contribution < 1.29 is 14.3 Å². The number of amides is 1. The summed E-state index contributed by atoms with van der Waals surface area (Å²) in [6.45, 7) is 7.56. The number of hydrogen-bond acceptors (Lipinski definition) is 4. The summed E-state index contributed by atoms with van der Waals surface area (Å²) in [5.41, 5.74) is -0.0858. The lowest BCUT2D eigenvalue weighted by molar-refractivity contribution is -0.123. The Balaban J connectivity index is 2.49. The predicted molar refractivity (Wildman–Crippen MR) is 85.9 cm³/mol. The fraction of sp³-hybridized carbons (Fsp3) is 0.375. The number of benzene rings is 1. The van der Waals surface area contributed by atoms with Gasteiger partial charge in [-0.05, 0) is 13.0 Å². The summed E-state index contributed by atoms with van der Waals surface area (Å²) >= 11 is 1.39. The number of ether oxygens (including phenoxy) is 1. The van der Waals surface area contributed by atoms with E-state index in [0.717, 1.165) is 10.1 Å². The van der Waals surface area contributed by atoms with E-state index in [0.29, 0.717) is 17.2 Å². The Hall–Kier alpha value is -1.88. The maximum Gasteiger partial charge on any atom is 0.341 e. The lowest BCUT2D eigenvalue weighted by Crippen LogP contribution is -2.28. The van der Waals surface area contributed by atoms with Crippen LogP contribution in [0.4, 0.5) is 5.00 Å². The summed E-state index contributed by atoms with van der Waals surface area (Å²) in [5.74, 6) is -0.529. The molecule has 4 nitrogen and oxygen atoms in total. The third-order valence-corrected chi connectivity index (χ3v) is 4.07. The summed E-state index contributed by atoms with van der Waals surface area (Å²) in [7, 11) is 0. The maximum atomic E-state index is 12.2. The predicted octanol–water partition coefficient (Wildman–Crippen LogP) is 4.06. The molecule has 0 saturated carbocycles. The van der Waals surface area contributed by atoms with Crippen LogP contribution in [0, 0.1) is 5.41 Å². The lowest BCUT2D eigenvalue weighted by Gasteiger charge is -2.17.